The molecule has 0 bridgehead atoms. The lowest BCUT2D eigenvalue weighted by Crippen LogP contribution is -2.48. The minimum absolute atomic E-state index is 0.0179. The maximum absolute atomic E-state index is 12.4. The average Bonchev–Trinajstić information content (AvgIpc) is 2.85. The number of carbonyl (C=O) groups is 2. The maximum Gasteiger partial charge on any atom is 0.410 e. The first-order chi connectivity index (χ1) is 11.8. The normalized spacial score (nSPS) is 22.8. The van der Waals surface area contributed by atoms with Crippen molar-refractivity contribution in [3.05, 3.63) is 35.9 Å². The highest BCUT2D eigenvalue weighted by Crippen LogP contribution is 2.43. The number of carbonyl (C=O) groups excluding carboxylic acids is 2. The molecule has 3 rings (SSSR count). The van der Waals surface area contributed by atoms with Crippen LogP contribution in [0.1, 0.15) is 39.2 Å². The van der Waals surface area contributed by atoms with Gasteiger partial charge < -0.3 is 15.0 Å². The summed E-state index contributed by atoms with van der Waals surface area (Å²) in [7, 11) is 0. The standard InChI is InChI=1S/C20H28N2O3/c1-19(2,3)25-18(24)22-11-9-20(10-12-22)14-21-17(23)16(20)13-15-7-5-4-6-8-15/h4-8,16H,9-14H2,1-3H3,(H,21,23)/t16-/m0/s1. The summed E-state index contributed by atoms with van der Waals surface area (Å²) in [4.78, 5) is 26.5. The summed E-state index contributed by atoms with van der Waals surface area (Å²) in [6.07, 6.45) is 2.18. The van der Waals surface area contributed by atoms with E-state index in [1.807, 2.05) is 39.0 Å². The smallest absolute Gasteiger partial charge is 0.410 e. The van der Waals surface area contributed by atoms with Gasteiger partial charge in [0.2, 0.25) is 5.91 Å². The fraction of sp³-hybridized carbons (Fsp3) is 0.600. The molecule has 136 valence electrons. The molecule has 0 aromatic heterocycles. The van der Waals surface area contributed by atoms with E-state index in [1.54, 1.807) is 4.90 Å². The Bertz CT molecular complexity index is 628. The van der Waals surface area contributed by atoms with Crippen molar-refractivity contribution in [1.29, 1.82) is 0 Å². The van der Waals surface area contributed by atoms with Crippen LogP contribution >= 0.6 is 0 Å². The zero-order valence-electron chi connectivity index (χ0n) is 15.4. The lowest BCUT2D eigenvalue weighted by atomic mass is 9.68. The van der Waals surface area contributed by atoms with Crippen molar-refractivity contribution in [3.8, 4) is 0 Å². The number of benzene rings is 1. The average molecular weight is 344 g/mol. The number of likely N-dealkylation sites (tertiary alicyclic amines) is 1. The molecule has 2 amide bonds. The number of amides is 2. The molecule has 2 aliphatic heterocycles. The third kappa shape index (κ3) is 3.97. The summed E-state index contributed by atoms with van der Waals surface area (Å²) in [5.74, 6) is 0.130. The first kappa shape index (κ1) is 17.8. The molecular weight excluding hydrogens is 316 g/mol. The monoisotopic (exact) mass is 344 g/mol. The summed E-state index contributed by atoms with van der Waals surface area (Å²) in [6, 6.07) is 10.2. The molecule has 0 saturated carbocycles. The van der Waals surface area contributed by atoms with Crippen LogP contribution < -0.4 is 5.32 Å². The van der Waals surface area contributed by atoms with E-state index in [2.05, 4.69) is 17.4 Å². The van der Waals surface area contributed by atoms with Gasteiger partial charge in [-0.25, -0.2) is 4.79 Å². The molecule has 0 unspecified atom stereocenters. The van der Waals surface area contributed by atoms with Gasteiger partial charge in [0.15, 0.2) is 0 Å². The third-order valence-corrected chi connectivity index (χ3v) is 5.36. The SMILES string of the molecule is CC(C)(C)OC(=O)N1CCC2(CC1)CNC(=O)[C@@H]2Cc1ccccc1. The number of hydrogen-bond donors (Lipinski definition) is 1. The Balaban J connectivity index is 1.66. The minimum atomic E-state index is -0.479. The zero-order valence-corrected chi connectivity index (χ0v) is 15.4. The highest BCUT2D eigenvalue weighted by Gasteiger charge is 2.50. The Morgan fingerprint density at radius 2 is 1.88 bits per heavy atom. The molecule has 25 heavy (non-hydrogen) atoms. The first-order valence-electron chi connectivity index (χ1n) is 9.09. The van der Waals surface area contributed by atoms with E-state index in [0.717, 1.165) is 19.3 Å². The molecule has 1 spiro atoms. The second-order valence-electron chi connectivity index (χ2n) is 8.29. The first-order valence-corrected chi connectivity index (χ1v) is 9.09. The number of piperidine rings is 1. The van der Waals surface area contributed by atoms with Gasteiger partial charge in [-0.2, -0.15) is 0 Å². The highest BCUT2D eigenvalue weighted by molar-refractivity contribution is 5.82. The number of nitrogens with zero attached hydrogens (tertiary/aromatic N) is 1. The van der Waals surface area contributed by atoms with Crippen molar-refractivity contribution in [1.82, 2.24) is 10.2 Å². The van der Waals surface area contributed by atoms with E-state index in [9.17, 15) is 9.59 Å². The van der Waals surface area contributed by atoms with Crippen molar-refractivity contribution in [3.63, 3.8) is 0 Å². The molecule has 5 heteroatoms. The van der Waals surface area contributed by atoms with E-state index >= 15 is 0 Å². The fourth-order valence-corrected chi connectivity index (χ4v) is 3.93. The molecule has 0 radical (unpaired) electrons. The van der Waals surface area contributed by atoms with Gasteiger partial charge in [-0.05, 0) is 45.6 Å². The molecule has 0 aliphatic carbocycles. The van der Waals surface area contributed by atoms with Gasteiger partial charge in [0.25, 0.3) is 0 Å². The molecule has 2 saturated heterocycles. The quantitative estimate of drug-likeness (QED) is 0.897. The highest BCUT2D eigenvalue weighted by atomic mass is 16.6. The Hall–Kier alpha value is -2.04. The van der Waals surface area contributed by atoms with Crippen LogP contribution in [0.2, 0.25) is 0 Å². The molecule has 2 heterocycles. The number of nitrogens with one attached hydrogen (secondary N) is 1. The molecule has 1 aromatic rings. The van der Waals surface area contributed by atoms with Crippen molar-refractivity contribution < 1.29 is 14.3 Å². The van der Waals surface area contributed by atoms with Crippen LogP contribution in [0.3, 0.4) is 0 Å². The van der Waals surface area contributed by atoms with Crippen molar-refractivity contribution in [2.24, 2.45) is 11.3 Å². The molecule has 2 fully saturated rings. The molecule has 1 N–H and O–H groups in total. The van der Waals surface area contributed by atoms with Gasteiger partial charge in [-0.15, -0.1) is 0 Å². The second kappa shape index (κ2) is 6.70. The van der Waals surface area contributed by atoms with Crippen LogP contribution in [-0.4, -0.2) is 42.1 Å². The number of ether oxygens (including phenoxy) is 1. The van der Waals surface area contributed by atoms with Gasteiger partial charge in [-0.1, -0.05) is 30.3 Å². The van der Waals surface area contributed by atoms with Crippen molar-refractivity contribution in [2.45, 2.75) is 45.6 Å². The van der Waals surface area contributed by atoms with Gasteiger partial charge >= 0.3 is 6.09 Å². The maximum atomic E-state index is 12.4. The lowest BCUT2D eigenvalue weighted by molar-refractivity contribution is -0.124. The van der Waals surface area contributed by atoms with Gasteiger partial charge in [0.1, 0.15) is 5.60 Å². The summed E-state index contributed by atoms with van der Waals surface area (Å²) in [6.45, 7) is 7.65. The second-order valence-corrected chi connectivity index (χ2v) is 8.29. The summed E-state index contributed by atoms with van der Waals surface area (Å²) < 4.78 is 5.48. The van der Waals surface area contributed by atoms with Crippen molar-refractivity contribution >= 4 is 12.0 Å². The predicted octanol–water partition coefficient (Wildman–Crippen LogP) is 2.99. The van der Waals surface area contributed by atoms with Crippen molar-refractivity contribution in [2.75, 3.05) is 19.6 Å². The summed E-state index contributed by atoms with van der Waals surface area (Å²) in [5, 5.41) is 3.06. The van der Waals surface area contributed by atoms with Crippen LogP contribution in [0.4, 0.5) is 4.79 Å². The minimum Gasteiger partial charge on any atom is -0.444 e. The number of hydrogen-bond acceptors (Lipinski definition) is 3. The van der Waals surface area contributed by atoms with E-state index in [4.69, 9.17) is 4.74 Å². The Morgan fingerprint density at radius 1 is 1.24 bits per heavy atom. The summed E-state index contributed by atoms with van der Waals surface area (Å²) >= 11 is 0. The Labute approximate surface area is 149 Å². The Kier molecular flexibility index (Phi) is 4.76. The number of rotatable bonds is 2. The third-order valence-electron chi connectivity index (χ3n) is 5.36. The van der Waals surface area contributed by atoms with E-state index in [0.29, 0.717) is 19.6 Å². The molecule has 2 aliphatic rings. The van der Waals surface area contributed by atoms with Gasteiger partial charge in [0.05, 0.1) is 0 Å². The van der Waals surface area contributed by atoms with Gasteiger partial charge in [0, 0.05) is 31.0 Å². The fourth-order valence-electron chi connectivity index (χ4n) is 3.93. The molecular formula is C20H28N2O3. The van der Waals surface area contributed by atoms with E-state index in [-0.39, 0.29) is 23.3 Å². The lowest BCUT2D eigenvalue weighted by Gasteiger charge is -2.41. The zero-order chi connectivity index (χ0) is 18.1. The van der Waals surface area contributed by atoms with Crippen LogP contribution in [-0.2, 0) is 16.0 Å². The van der Waals surface area contributed by atoms with E-state index in [1.165, 1.54) is 5.56 Å². The van der Waals surface area contributed by atoms with Crippen LogP contribution in [0.15, 0.2) is 30.3 Å². The molecule has 1 aromatic carbocycles. The predicted molar refractivity (Wildman–Crippen MR) is 96.1 cm³/mol. The molecule has 5 nitrogen and oxygen atoms in total. The topological polar surface area (TPSA) is 58.6 Å². The van der Waals surface area contributed by atoms with Crippen LogP contribution in [0.5, 0.6) is 0 Å². The van der Waals surface area contributed by atoms with Crippen LogP contribution in [0.25, 0.3) is 0 Å². The van der Waals surface area contributed by atoms with Crippen LogP contribution in [0, 0.1) is 11.3 Å². The molecule has 1 atom stereocenters. The van der Waals surface area contributed by atoms with E-state index < -0.39 is 5.60 Å². The largest absolute Gasteiger partial charge is 0.444 e. The van der Waals surface area contributed by atoms with Gasteiger partial charge in [-0.3, -0.25) is 4.79 Å². The summed E-state index contributed by atoms with van der Waals surface area (Å²) in [5.41, 5.74) is 0.664. The Morgan fingerprint density at radius 3 is 2.48 bits per heavy atom.